The van der Waals surface area contributed by atoms with Crippen LogP contribution in [0.4, 0.5) is 16.2 Å². The van der Waals surface area contributed by atoms with Gasteiger partial charge in [0.25, 0.3) is 0 Å². The molecule has 2 N–H and O–H groups in total. The Morgan fingerprint density at radius 1 is 1.23 bits per heavy atom. The quantitative estimate of drug-likeness (QED) is 0.677. The molecule has 2 amide bonds. The summed E-state index contributed by atoms with van der Waals surface area (Å²) in [4.78, 5) is 17.5. The number of nitrogens with one attached hydrogen (secondary N) is 2. The average Bonchev–Trinajstić information content (AvgIpc) is 2.81. The summed E-state index contributed by atoms with van der Waals surface area (Å²) in [5.74, 6) is 0. The van der Waals surface area contributed by atoms with Gasteiger partial charge in [0.05, 0.1) is 5.69 Å². The van der Waals surface area contributed by atoms with Crippen molar-refractivity contribution in [2.24, 2.45) is 0 Å². The molecule has 0 saturated carbocycles. The van der Waals surface area contributed by atoms with E-state index in [1.165, 1.54) is 11.3 Å². The molecular formula is C16H14ClN3OS. The number of pyridine rings is 1. The first-order chi connectivity index (χ1) is 10.5. The van der Waals surface area contributed by atoms with E-state index in [1.54, 1.807) is 24.3 Å². The third-order valence-corrected chi connectivity index (χ3v) is 4.31. The van der Waals surface area contributed by atoms with Gasteiger partial charge in [-0.05, 0) is 43.7 Å². The molecular weight excluding hydrogens is 318 g/mol. The number of benzene rings is 1. The second-order valence-corrected chi connectivity index (χ2v) is 6.29. The largest absolute Gasteiger partial charge is 0.323 e. The van der Waals surface area contributed by atoms with Crippen LogP contribution in [0.2, 0.25) is 5.02 Å². The maximum absolute atomic E-state index is 12.1. The summed E-state index contributed by atoms with van der Waals surface area (Å²) in [7, 11) is 0. The van der Waals surface area contributed by atoms with Gasteiger partial charge in [0.2, 0.25) is 0 Å². The van der Waals surface area contributed by atoms with Crippen LogP contribution in [-0.2, 0) is 0 Å². The monoisotopic (exact) mass is 331 g/mol. The molecule has 0 fully saturated rings. The minimum absolute atomic E-state index is 0.304. The number of amides is 2. The maximum Gasteiger partial charge on any atom is 0.323 e. The smallest absolute Gasteiger partial charge is 0.308 e. The Kier molecular flexibility index (Phi) is 4.00. The van der Waals surface area contributed by atoms with Gasteiger partial charge in [-0.1, -0.05) is 17.7 Å². The molecule has 6 heteroatoms. The van der Waals surface area contributed by atoms with E-state index in [-0.39, 0.29) is 6.03 Å². The molecule has 0 atom stereocenters. The molecule has 2 heterocycles. The first-order valence-corrected chi connectivity index (χ1v) is 7.98. The summed E-state index contributed by atoms with van der Waals surface area (Å²) < 4.78 is 0. The van der Waals surface area contributed by atoms with Gasteiger partial charge in [-0.15, -0.1) is 11.3 Å². The summed E-state index contributed by atoms with van der Waals surface area (Å²) in [6, 6.07) is 8.73. The number of carbonyl (C=O) groups is 1. The molecule has 3 aromatic rings. The predicted molar refractivity (Wildman–Crippen MR) is 93.2 cm³/mol. The molecule has 0 spiro atoms. The number of halogens is 1. The fourth-order valence-electron chi connectivity index (χ4n) is 2.33. The summed E-state index contributed by atoms with van der Waals surface area (Å²) >= 11 is 7.42. The van der Waals surface area contributed by atoms with E-state index in [4.69, 9.17) is 11.6 Å². The maximum atomic E-state index is 12.1. The summed E-state index contributed by atoms with van der Waals surface area (Å²) in [6.07, 6.45) is 0. The normalized spacial score (nSPS) is 10.7. The highest BCUT2D eigenvalue weighted by Crippen LogP contribution is 2.32. The molecule has 1 aromatic carbocycles. The van der Waals surface area contributed by atoms with Crippen LogP contribution < -0.4 is 10.6 Å². The Balaban J connectivity index is 1.83. The first-order valence-electron chi connectivity index (χ1n) is 6.72. The highest BCUT2D eigenvalue weighted by Gasteiger charge is 2.11. The van der Waals surface area contributed by atoms with Crippen LogP contribution in [0.25, 0.3) is 10.2 Å². The van der Waals surface area contributed by atoms with Crippen LogP contribution in [-0.4, -0.2) is 11.0 Å². The summed E-state index contributed by atoms with van der Waals surface area (Å²) in [6.45, 7) is 3.98. The van der Waals surface area contributed by atoms with Crippen LogP contribution in [0.3, 0.4) is 0 Å². The first kappa shape index (κ1) is 14.8. The number of aryl methyl sites for hydroxylation is 2. The highest BCUT2D eigenvalue weighted by atomic mass is 35.5. The van der Waals surface area contributed by atoms with E-state index in [1.807, 2.05) is 25.3 Å². The van der Waals surface area contributed by atoms with Crippen molar-refractivity contribution in [2.75, 3.05) is 10.6 Å². The number of anilines is 2. The van der Waals surface area contributed by atoms with Crippen molar-refractivity contribution >= 4 is 50.6 Å². The second kappa shape index (κ2) is 5.94. The van der Waals surface area contributed by atoms with E-state index >= 15 is 0 Å². The van der Waals surface area contributed by atoms with E-state index in [0.29, 0.717) is 10.7 Å². The molecule has 3 rings (SSSR count). The van der Waals surface area contributed by atoms with Crippen molar-refractivity contribution in [1.29, 1.82) is 0 Å². The van der Waals surface area contributed by atoms with Gasteiger partial charge in [-0.2, -0.15) is 0 Å². The Hall–Kier alpha value is -2.11. The van der Waals surface area contributed by atoms with E-state index in [9.17, 15) is 4.79 Å². The fourth-order valence-corrected chi connectivity index (χ4v) is 3.51. The molecule has 0 radical (unpaired) electrons. The summed E-state index contributed by atoms with van der Waals surface area (Å²) in [5, 5.41) is 9.10. The van der Waals surface area contributed by atoms with Crippen molar-refractivity contribution in [1.82, 2.24) is 4.98 Å². The van der Waals surface area contributed by atoms with Gasteiger partial charge in [0, 0.05) is 27.2 Å². The molecule has 2 aromatic heterocycles. The Bertz CT molecular complexity index is 860. The zero-order chi connectivity index (χ0) is 15.7. The molecule has 0 aliphatic rings. The Morgan fingerprint density at radius 3 is 2.82 bits per heavy atom. The van der Waals surface area contributed by atoms with Crippen molar-refractivity contribution < 1.29 is 4.79 Å². The standard InChI is InChI=1S/C16H14ClN3OS/c1-9-6-10(2)18-15-14(9)13(8-22-15)20-16(21)19-12-5-3-4-11(17)7-12/h3-8H,1-2H3,(H2,19,20,21). The zero-order valence-corrected chi connectivity index (χ0v) is 13.7. The van der Waals surface area contributed by atoms with Gasteiger partial charge in [0.1, 0.15) is 4.83 Å². The minimum atomic E-state index is -0.304. The predicted octanol–water partition coefficient (Wildman–Crippen LogP) is 5.21. The van der Waals surface area contributed by atoms with Crippen molar-refractivity contribution in [3.05, 3.63) is 52.0 Å². The fraction of sp³-hybridized carbons (Fsp3) is 0.125. The van der Waals surface area contributed by atoms with E-state index < -0.39 is 0 Å². The molecule has 0 saturated heterocycles. The topological polar surface area (TPSA) is 54.0 Å². The van der Waals surface area contributed by atoms with Gasteiger partial charge >= 0.3 is 6.03 Å². The SMILES string of the molecule is Cc1cc(C)c2c(NC(=O)Nc3cccc(Cl)c3)csc2n1. The average molecular weight is 332 g/mol. The van der Waals surface area contributed by atoms with Gasteiger partial charge in [-0.25, -0.2) is 9.78 Å². The van der Waals surface area contributed by atoms with Gasteiger partial charge < -0.3 is 10.6 Å². The lowest BCUT2D eigenvalue weighted by molar-refractivity contribution is 0.262. The summed E-state index contributed by atoms with van der Waals surface area (Å²) in [5.41, 5.74) is 3.49. The van der Waals surface area contributed by atoms with Crippen LogP contribution in [0.5, 0.6) is 0 Å². The molecule has 0 unspecified atom stereocenters. The van der Waals surface area contributed by atoms with Crippen molar-refractivity contribution in [2.45, 2.75) is 13.8 Å². The second-order valence-electron chi connectivity index (χ2n) is 5.00. The molecule has 112 valence electrons. The number of nitrogens with zero attached hydrogens (tertiary/aromatic N) is 1. The van der Waals surface area contributed by atoms with Crippen LogP contribution in [0, 0.1) is 13.8 Å². The number of hydrogen-bond donors (Lipinski definition) is 2. The zero-order valence-electron chi connectivity index (χ0n) is 12.1. The number of urea groups is 1. The lowest BCUT2D eigenvalue weighted by atomic mass is 10.1. The third-order valence-electron chi connectivity index (χ3n) is 3.20. The molecule has 0 aliphatic carbocycles. The third kappa shape index (κ3) is 3.05. The number of thiophene rings is 1. The molecule has 22 heavy (non-hydrogen) atoms. The number of carbonyl (C=O) groups excluding carboxylic acids is 1. The molecule has 0 aliphatic heterocycles. The number of rotatable bonds is 2. The van der Waals surface area contributed by atoms with Crippen LogP contribution in [0.1, 0.15) is 11.3 Å². The minimum Gasteiger partial charge on any atom is -0.308 e. The van der Waals surface area contributed by atoms with E-state index in [2.05, 4.69) is 15.6 Å². The number of aromatic nitrogens is 1. The highest BCUT2D eigenvalue weighted by molar-refractivity contribution is 7.17. The van der Waals surface area contributed by atoms with Gasteiger partial charge in [-0.3, -0.25) is 0 Å². The van der Waals surface area contributed by atoms with Crippen LogP contribution in [0.15, 0.2) is 35.7 Å². The van der Waals surface area contributed by atoms with Crippen LogP contribution >= 0.6 is 22.9 Å². The number of hydrogen-bond acceptors (Lipinski definition) is 3. The van der Waals surface area contributed by atoms with Gasteiger partial charge in [0.15, 0.2) is 0 Å². The molecule has 0 bridgehead atoms. The number of fused-ring (bicyclic) bond motifs is 1. The Morgan fingerprint density at radius 2 is 2.05 bits per heavy atom. The van der Waals surface area contributed by atoms with E-state index in [0.717, 1.165) is 27.2 Å². The van der Waals surface area contributed by atoms with Crippen molar-refractivity contribution in [3.63, 3.8) is 0 Å². The van der Waals surface area contributed by atoms with Crippen molar-refractivity contribution in [3.8, 4) is 0 Å². The lowest BCUT2D eigenvalue weighted by Crippen LogP contribution is -2.19. The lowest BCUT2D eigenvalue weighted by Gasteiger charge is -2.08. The molecule has 4 nitrogen and oxygen atoms in total. The Labute approximate surface area is 137 Å².